The summed E-state index contributed by atoms with van der Waals surface area (Å²) < 4.78 is 72.1. The number of hydrogen-bond acceptors (Lipinski definition) is 0. The summed E-state index contributed by atoms with van der Waals surface area (Å²) in [4.78, 5) is 0. The minimum Gasteiger partial charge on any atom is -0.445 e. The Bertz CT molecular complexity index is 296. The number of alkyl halides is 3. The highest BCUT2D eigenvalue weighted by Gasteiger charge is 2.33. The highest BCUT2D eigenvalue weighted by Crippen LogP contribution is 2.28. The van der Waals surface area contributed by atoms with Crippen LogP contribution in [-0.2, 0) is 6.18 Å². The maximum Gasteiger partial charge on any atom is 0.509 e. The van der Waals surface area contributed by atoms with Crippen molar-refractivity contribution < 1.29 is 26.1 Å². The fraction of sp³-hybridized carbons (Fsp3) is 0.143. The van der Waals surface area contributed by atoms with E-state index in [1.165, 1.54) is 0 Å². The third kappa shape index (κ3) is 2.43. The average Bonchev–Trinajstić information content (AvgIpc) is 2.01. The standard InChI is InChI=1S/C7H4BF6/c9-7(10,11)5-2-1-3-6(4-5)8(12,13)14/h1-4H/q-1. The van der Waals surface area contributed by atoms with E-state index >= 15 is 0 Å². The van der Waals surface area contributed by atoms with Gasteiger partial charge in [0.25, 0.3) is 0 Å². The molecule has 1 aromatic rings. The SMILES string of the molecule is F[B-](F)(F)c1cccc(C(F)(F)F)c1. The molecular weight excluding hydrogens is 209 g/mol. The van der Waals surface area contributed by atoms with Crippen LogP contribution in [0.1, 0.15) is 5.56 Å². The van der Waals surface area contributed by atoms with Crippen LogP contribution < -0.4 is 5.46 Å². The van der Waals surface area contributed by atoms with Gasteiger partial charge in [0.1, 0.15) is 0 Å². The monoisotopic (exact) mass is 213 g/mol. The Morgan fingerprint density at radius 2 is 1.57 bits per heavy atom. The van der Waals surface area contributed by atoms with Crippen molar-refractivity contribution in [3.05, 3.63) is 29.8 Å². The van der Waals surface area contributed by atoms with Crippen molar-refractivity contribution in [3.8, 4) is 0 Å². The van der Waals surface area contributed by atoms with Gasteiger partial charge in [0.2, 0.25) is 0 Å². The molecule has 7 heteroatoms. The zero-order chi connectivity index (χ0) is 11.0. The summed E-state index contributed by atoms with van der Waals surface area (Å²) >= 11 is 0. The Kier molecular flexibility index (Phi) is 2.51. The second-order valence-corrected chi connectivity index (χ2v) is 2.70. The molecule has 1 aromatic carbocycles. The molecule has 0 aliphatic rings. The van der Waals surface area contributed by atoms with Gasteiger partial charge in [0.05, 0.1) is 5.56 Å². The maximum absolute atomic E-state index is 12.1. The number of benzene rings is 1. The Morgan fingerprint density at radius 3 is 2.00 bits per heavy atom. The molecule has 1 rings (SSSR count). The van der Waals surface area contributed by atoms with Gasteiger partial charge < -0.3 is 12.9 Å². The first-order valence-corrected chi connectivity index (χ1v) is 3.58. The summed E-state index contributed by atoms with van der Waals surface area (Å²) in [5, 5.41) is 0. The largest absolute Gasteiger partial charge is 0.509 e. The van der Waals surface area contributed by atoms with E-state index < -0.39 is 24.2 Å². The summed E-state index contributed by atoms with van der Waals surface area (Å²) in [6.45, 7) is -5.38. The van der Waals surface area contributed by atoms with E-state index in [9.17, 15) is 26.1 Å². The van der Waals surface area contributed by atoms with E-state index in [2.05, 4.69) is 0 Å². The molecule has 14 heavy (non-hydrogen) atoms. The summed E-state index contributed by atoms with van der Waals surface area (Å²) in [7, 11) is 0. The smallest absolute Gasteiger partial charge is 0.445 e. The molecule has 0 saturated carbocycles. The molecule has 0 heterocycles. The van der Waals surface area contributed by atoms with Gasteiger partial charge in [-0.1, -0.05) is 24.3 Å². The van der Waals surface area contributed by atoms with Crippen LogP contribution in [0, 0.1) is 0 Å². The highest BCUT2D eigenvalue weighted by atomic mass is 19.4. The molecule has 0 spiro atoms. The normalized spacial score (nSPS) is 13.0. The molecule has 0 nitrogen and oxygen atoms in total. The van der Waals surface area contributed by atoms with Gasteiger partial charge in [-0.3, -0.25) is 0 Å². The Morgan fingerprint density at radius 1 is 1.00 bits per heavy atom. The molecule has 0 aromatic heterocycles. The molecule has 0 saturated heterocycles. The molecule has 0 atom stereocenters. The molecule has 0 aliphatic heterocycles. The molecule has 78 valence electrons. The Labute approximate surface area is 75.6 Å². The molecule has 0 bridgehead atoms. The van der Waals surface area contributed by atoms with Crippen molar-refractivity contribution in [2.24, 2.45) is 0 Å². The van der Waals surface area contributed by atoms with E-state index in [0.29, 0.717) is 12.1 Å². The molecule has 0 amide bonds. The minimum absolute atomic E-state index is 0.111. The number of rotatable bonds is 1. The van der Waals surface area contributed by atoms with E-state index in [-0.39, 0.29) is 6.07 Å². The van der Waals surface area contributed by atoms with Gasteiger partial charge in [0.15, 0.2) is 0 Å². The molecule has 0 fully saturated rings. The van der Waals surface area contributed by atoms with E-state index in [1.54, 1.807) is 0 Å². The lowest BCUT2D eigenvalue weighted by Crippen LogP contribution is -2.34. The summed E-state index contributed by atoms with van der Waals surface area (Å²) in [6, 6.07) is 2.08. The second-order valence-electron chi connectivity index (χ2n) is 2.70. The summed E-state index contributed by atoms with van der Waals surface area (Å²) in [5.41, 5.74) is -2.52. The average molecular weight is 213 g/mol. The van der Waals surface area contributed by atoms with Crippen molar-refractivity contribution >= 4 is 12.4 Å². The van der Waals surface area contributed by atoms with Crippen molar-refractivity contribution in [2.75, 3.05) is 0 Å². The van der Waals surface area contributed by atoms with Crippen LogP contribution in [0.25, 0.3) is 0 Å². The first-order valence-electron chi connectivity index (χ1n) is 3.58. The predicted octanol–water partition coefficient (Wildman–Crippen LogP) is 2.76. The van der Waals surface area contributed by atoms with Gasteiger partial charge in [-0.2, -0.15) is 13.2 Å². The third-order valence-corrected chi connectivity index (χ3v) is 1.59. The van der Waals surface area contributed by atoms with Crippen LogP contribution in [0.5, 0.6) is 0 Å². The van der Waals surface area contributed by atoms with Crippen molar-refractivity contribution in [1.29, 1.82) is 0 Å². The van der Waals surface area contributed by atoms with Crippen LogP contribution in [0.15, 0.2) is 24.3 Å². The molecule has 0 N–H and O–H groups in total. The van der Waals surface area contributed by atoms with Gasteiger partial charge in [-0.05, 0) is 0 Å². The Hall–Kier alpha value is -1.14. The first kappa shape index (κ1) is 10.9. The van der Waals surface area contributed by atoms with Crippen LogP contribution in [0.4, 0.5) is 26.1 Å². The van der Waals surface area contributed by atoms with Crippen molar-refractivity contribution in [2.45, 2.75) is 6.18 Å². The number of hydrogen-bond donors (Lipinski definition) is 0. The second kappa shape index (κ2) is 3.22. The van der Waals surface area contributed by atoms with Crippen molar-refractivity contribution in [1.82, 2.24) is 0 Å². The lowest BCUT2D eigenvalue weighted by molar-refractivity contribution is -0.137. The first-order chi connectivity index (χ1) is 6.21. The molecular formula is C7H4BF6-. The molecule has 0 aliphatic carbocycles. The summed E-state index contributed by atoms with van der Waals surface area (Å²) in [6.07, 6.45) is -4.74. The van der Waals surface area contributed by atoms with Crippen molar-refractivity contribution in [3.63, 3.8) is 0 Å². The van der Waals surface area contributed by atoms with Gasteiger partial charge >= 0.3 is 13.2 Å². The lowest BCUT2D eigenvalue weighted by Gasteiger charge is -2.16. The highest BCUT2D eigenvalue weighted by molar-refractivity contribution is 6.73. The zero-order valence-electron chi connectivity index (χ0n) is 6.65. The Balaban J connectivity index is 3.15. The zero-order valence-corrected chi connectivity index (χ0v) is 6.65. The van der Waals surface area contributed by atoms with Gasteiger partial charge in [-0.15, -0.1) is 5.46 Å². The lowest BCUT2D eigenvalue weighted by atomic mass is 9.79. The number of halogens is 6. The predicted molar refractivity (Wildman–Crippen MR) is 40.2 cm³/mol. The van der Waals surface area contributed by atoms with E-state index in [0.717, 1.165) is 6.07 Å². The van der Waals surface area contributed by atoms with E-state index in [4.69, 9.17) is 0 Å². The molecule has 0 unspecified atom stereocenters. The van der Waals surface area contributed by atoms with E-state index in [1.807, 2.05) is 0 Å². The minimum atomic E-state index is -5.38. The quantitative estimate of drug-likeness (QED) is 0.496. The van der Waals surface area contributed by atoms with Gasteiger partial charge in [0, 0.05) is 0 Å². The third-order valence-electron chi connectivity index (χ3n) is 1.59. The summed E-state index contributed by atoms with van der Waals surface area (Å²) in [5.74, 6) is 0. The van der Waals surface area contributed by atoms with Crippen LogP contribution in [0.3, 0.4) is 0 Å². The van der Waals surface area contributed by atoms with Crippen LogP contribution in [-0.4, -0.2) is 6.98 Å². The van der Waals surface area contributed by atoms with Gasteiger partial charge in [-0.25, -0.2) is 0 Å². The fourth-order valence-electron chi connectivity index (χ4n) is 0.919. The van der Waals surface area contributed by atoms with Crippen LogP contribution in [0.2, 0.25) is 0 Å². The topological polar surface area (TPSA) is 0 Å². The molecule has 0 radical (unpaired) electrons. The maximum atomic E-state index is 12.1. The van der Waals surface area contributed by atoms with Crippen LogP contribution >= 0.6 is 0 Å². The fourth-order valence-corrected chi connectivity index (χ4v) is 0.919.